The molecule has 0 heterocycles. The van der Waals surface area contributed by atoms with E-state index in [0.29, 0.717) is 6.42 Å². The zero-order valence-corrected chi connectivity index (χ0v) is 15.2. The minimum Gasteiger partial charge on any atom is -0.345 e. The summed E-state index contributed by atoms with van der Waals surface area (Å²) in [6, 6.07) is 28.7. The van der Waals surface area contributed by atoms with Crippen molar-refractivity contribution in [3.63, 3.8) is 0 Å². The van der Waals surface area contributed by atoms with Gasteiger partial charge in [0.25, 0.3) is 0 Å². The average molecular weight is 343 g/mol. The number of amides is 1. The highest BCUT2D eigenvalue weighted by Crippen LogP contribution is 2.22. The fourth-order valence-electron chi connectivity index (χ4n) is 3.08. The number of hydrogen-bond donors (Lipinski definition) is 1. The number of carbonyl (C=O) groups is 1. The minimum atomic E-state index is -0.118. The summed E-state index contributed by atoms with van der Waals surface area (Å²) >= 11 is 0. The third-order valence-electron chi connectivity index (χ3n) is 4.64. The van der Waals surface area contributed by atoms with Crippen LogP contribution in [-0.2, 0) is 17.6 Å². The highest BCUT2D eigenvalue weighted by Gasteiger charge is 2.16. The lowest BCUT2D eigenvalue weighted by atomic mass is 9.98. The van der Waals surface area contributed by atoms with Gasteiger partial charge < -0.3 is 5.32 Å². The molecule has 26 heavy (non-hydrogen) atoms. The number of rotatable bonds is 7. The van der Waals surface area contributed by atoms with Crippen molar-refractivity contribution in [1.29, 1.82) is 0 Å². The summed E-state index contributed by atoms with van der Waals surface area (Å²) in [7, 11) is 0. The van der Waals surface area contributed by atoms with Gasteiger partial charge >= 0.3 is 0 Å². The second-order valence-electron chi connectivity index (χ2n) is 6.49. The second kappa shape index (κ2) is 9.00. The van der Waals surface area contributed by atoms with Crippen LogP contribution in [0, 0.1) is 0 Å². The molecule has 0 aliphatic rings. The van der Waals surface area contributed by atoms with Crippen molar-refractivity contribution >= 4 is 5.91 Å². The summed E-state index contributed by atoms with van der Waals surface area (Å²) in [6.45, 7) is 2.15. The standard InChI is InChI=1S/C24H25NO/c1-2-19-13-15-20(16-14-19)17-18-23(26)25-24(21-9-5-3-6-10-21)22-11-7-4-8-12-22/h3-16,24H,2,17-18H2,1H3,(H,25,26). The Hall–Kier alpha value is -2.87. The van der Waals surface area contributed by atoms with E-state index < -0.39 is 0 Å². The van der Waals surface area contributed by atoms with Crippen LogP contribution >= 0.6 is 0 Å². The predicted molar refractivity (Wildman–Crippen MR) is 107 cm³/mol. The lowest BCUT2D eigenvalue weighted by Crippen LogP contribution is -2.29. The quantitative estimate of drug-likeness (QED) is 0.636. The van der Waals surface area contributed by atoms with Gasteiger partial charge in [0.2, 0.25) is 5.91 Å². The molecule has 1 N–H and O–H groups in total. The molecule has 0 saturated carbocycles. The second-order valence-corrected chi connectivity index (χ2v) is 6.49. The lowest BCUT2D eigenvalue weighted by molar-refractivity contribution is -0.121. The summed E-state index contributed by atoms with van der Waals surface area (Å²) in [5.41, 5.74) is 4.72. The summed E-state index contributed by atoms with van der Waals surface area (Å²) in [6.07, 6.45) is 2.28. The van der Waals surface area contributed by atoms with Crippen LogP contribution in [0.1, 0.15) is 41.6 Å². The molecule has 0 radical (unpaired) electrons. The van der Waals surface area contributed by atoms with Crippen molar-refractivity contribution < 1.29 is 4.79 Å². The van der Waals surface area contributed by atoms with Crippen LogP contribution < -0.4 is 5.32 Å². The summed E-state index contributed by atoms with van der Waals surface area (Å²) in [5.74, 6) is 0.0716. The van der Waals surface area contributed by atoms with Crippen molar-refractivity contribution in [3.8, 4) is 0 Å². The number of aryl methyl sites for hydroxylation is 2. The number of benzene rings is 3. The molecule has 2 nitrogen and oxygen atoms in total. The van der Waals surface area contributed by atoms with Crippen LogP contribution in [0.15, 0.2) is 84.9 Å². The van der Waals surface area contributed by atoms with Gasteiger partial charge in [-0.2, -0.15) is 0 Å². The molecular formula is C24H25NO. The van der Waals surface area contributed by atoms with Crippen molar-refractivity contribution in [2.45, 2.75) is 32.2 Å². The van der Waals surface area contributed by atoms with Crippen LogP contribution in [0.25, 0.3) is 0 Å². The number of nitrogens with one attached hydrogen (secondary N) is 1. The molecule has 3 aromatic carbocycles. The van der Waals surface area contributed by atoms with Gasteiger partial charge in [-0.15, -0.1) is 0 Å². The maximum absolute atomic E-state index is 12.6. The molecule has 1 amide bonds. The Kier molecular flexibility index (Phi) is 6.21. The van der Waals surface area contributed by atoms with Gasteiger partial charge in [0.1, 0.15) is 0 Å². The summed E-state index contributed by atoms with van der Waals surface area (Å²) in [4.78, 5) is 12.6. The minimum absolute atomic E-state index is 0.0716. The van der Waals surface area contributed by atoms with E-state index in [0.717, 1.165) is 24.0 Å². The van der Waals surface area contributed by atoms with Crippen LogP contribution in [0.4, 0.5) is 0 Å². The van der Waals surface area contributed by atoms with Crippen molar-refractivity contribution in [3.05, 3.63) is 107 Å². The van der Waals surface area contributed by atoms with Crippen LogP contribution in [0.3, 0.4) is 0 Å². The van der Waals surface area contributed by atoms with Gasteiger partial charge in [0.05, 0.1) is 6.04 Å². The average Bonchev–Trinajstić information content (AvgIpc) is 2.72. The Labute approximate surface area is 155 Å². The topological polar surface area (TPSA) is 29.1 Å². The molecular weight excluding hydrogens is 318 g/mol. The molecule has 0 spiro atoms. The first-order valence-corrected chi connectivity index (χ1v) is 9.23. The fourth-order valence-corrected chi connectivity index (χ4v) is 3.08. The lowest BCUT2D eigenvalue weighted by Gasteiger charge is -2.20. The smallest absolute Gasteiger partial charge is 0.221 e. The first-order chi connectivity index (χ1) is 12.8. The summed E-state index contributed by atoms with van der Waals surface area (Å²) in [5, 5.41) is 3.20. The molecule has 0 aliphatic heterocycles. The van der Waals surface area contributed by atoms with Gasteiger partial charge in [-0.25, -0.2) is 0 Å². The van der Waals surface area contributed by atoms with Gasteiger partial charge in [-0.05, 0) is 35.1 Å². The molecule has 2 heteroatoms. The Balaban J connectivity index is 1.67. The zero-order chi connectivity index (χ0) is 18.2. The molecule has 0 bridgehead atoms. The first-order valence-electron chi connectivity index (χ1n) is 9.23. The molecule has 0 aliphatic carbocycles. The largest absolute Gasteiger partial charge is 0.345 e. The highest BCUT2D eigenvalue weighted by molar-refractivity contribution is 5.77. The van der Waals surface area contributed by atoms with E-state index in [2.05, 4.69) is 60.8 Å². The number of hydrogen-bond acceptors (Lipinski definition) is 1. The van der Waals surface area contributed by atoms with E-state index in [9.17, 15) is 4.79 Å². The van der Waals surface area contributed by atoms with Crippen LogP contribution in [0.2, 0.25) is 0 Å². The molecule has 132 valence electrons. The molecule has 3 rings (SSSR count). The first kappa shape index (κ1) is 17.9. The SMILES string of the molecule is CCc1ccc(CCC(=O)NC(c2ccccc2)c2ccccc2)cc1. The van der Waals surface area contributed by atoms with Crippen molar-refractivity contribution in [1.82, 2.24) is 5.32 Å². The monoisotopic (exact) mass is 343 g/mol. The normalized spacial score (nSPS) is 10.7. The Morgan fingerprint density at radius 1 is 0.769 bits per heavy atom. The van der Waals surface area contributed by atoms with E-state index in [1.54, 1.807) is 0 Å². The molecule has 0 fully saturated rings. The van der Waals surface area contributed by atoms with Gasteiger partial charge in [0, 0.05) is 6.42 Å². The number of carbonyl (C=O) groups excluding carboxylic acids is 1. The molecule has 0 atom stereocenters. The van der Waals surface area contributed by atoms with Gasteiger partial charge in [-0.1, -0.05) is 91.9 Å². The highest BCUT2D eigenvalue weighted by atomic mass is 16.1. The Morgan fingerprint density at radius 3 is 1.77 bits per heavy atom. The van der Waals surface area contributed by atoms with Gasteiger partial charge in [0.15, 0.2) is 0 Å². The predicted octanol–water partition coefficient (Wildman–Crippen LogP) is 5.09. The van der Waals surface area contributed by atoms with E-state index in [-0.39, 0.29) is 11.9 Å². The van der Waals surface area contributed by atoms with E-state index in [1.807, 2.05) is 36.4 Å². The van der Waals surface area contributed by atoms with Gasteiger partial charge in [-0.3, -0.25) is 4.79 Å². The Bertz CT molecular complexity index is 770. The van der Waals surface area contributed by atoms with E-state index in [1.165, 1.54) is 11.1 Å². The third-order valence-corrected chi connectivity index (χ3v) is 4.64. The van der Waals surface area contributed by atoms with Crippen LogP contribution in [0.5, 0.6) is 0 Å². The maximum atomic E-state index is 12.6. The maximum Gasteiger partial charge on any atom is 0.221 e. The van der Waals surface area contributed by atoms with E-state index >= 15 is 0 Å². The van der Waals surface area contributed by atoms with E-state index in [4.69, 9.17) is 0 Å². The van der Waals surface area contributed by atoms with Crippen LogP contribution in [-0.4, -0.2) is 5.91 Å². The third kappa shape index (κ3) is 4.82. The zero-order valence-electron chi connectivity index (χ0n) is 15.2. The molecule has 3 aromatic rings. The fraction of sp³-hybridized carbons (Fsp3) is 0.208. The molecule has 0 aromatic heterocycles. The molecule has 0 unspecified atom stereocenters. The molecule has 0 saturated heterocycles. The van der Waals surface area contributed by atoms with Crippen molar-refractivity contribution in [2.75, 3.05) is 0 Å². The summed E-state index contributed by atoms with van der Waals surface area (Å²) < 4.78 is 0. The van der Waals surface area contributed by atoms with Crippen molar-refractivity contribution in [2.24, 2.45) is 0 Å². The Morgan fingerprint density at radius 2 is 1.27 bits per heavy atom.